The van der Waals surface area contributed by atoms with Gasteiger partial charge in [0.05, 0.1) is 17.3 Å². The number of halogens is 1. The maximum Gasteiger partial charge on any atom is 0.176 e. The largest absolute Gasteiger partial charge is 0.398 e. The van der Waals surface area contributed by atoms with Gasteiger partial charge < -0.3 is 5.73 Å². The molecule has 0 aliphatic carbocycles. The molecule has 0 saturated carbocycles. The van der Waals surface area contributed by atoms with Crippen molar-refractivity contribution in [3.63, 3.8) is 0 Å². The van der Waals surface area contributed by atoms with E-state index in [1.54, 1.807) is 18.2 Å². The van der Waals surface area contributed by atoms with Crippen molar-refractivity contribution in [1.29, 1.82) is 0 Å². The van der Waals surface area contributed by atoms with Crippen molar-refractivity contribution in [2.75, 3.05) is 25.4 Å². The summed E-state index contributed by atoms with van der Waals surface area (Å²) in [5, 5.41) is 0.501. The third-order valence-electron chi connectivity index (χ3n) is 3.38. The van der Waals surface area contributed by atoms with E-state index in [9.17, 15) is 4.79 Å². The first-order valence-electron chi connectivity index (χ1n) is 6.47. The van der Waals surface area contributed by atoms with E-state index in [0.29, 0.717) is 22.8 Å². The molecule has 0 amide bonds. The minimum atomic E-state index is 0.125. The zero-order chi connectivity index (χ0) is 13.0. The normalized spacial score (nSPS) is 17.4. The summed E-state index contributed by atoms with van der Waals surface area (Å²) in [5.41, 5.74) is 6.84. The maximum absolute atomic E-state index is 12.1. The van der Waals surface area contributed by atoms with E-state index in [1.165, 1.54) is 25.7 Å². The lowest BCUT2D eigenvalue weighted by molar-refractivity contribution is 0.0933. The van der Waals surface area contributed by atoms with E-state index in [0.717, 1.165) is 13.1 Å². The van der Waals surface area contributed by atoms with Gasteiger partial charge in [0, 0.05) is 5.56 Å². The molecule has 0 unspecified atom stereocenters. The van der Waals surface area contributed by atoms with Gasteiger partial charge in [-0.2, -0.15) is 0 Å². The van der Waals surface area contributed by atoms with Crippen LogP contribution < -0.4 is 5.73 Å². The van der Waals surface area contributed by atoms with Gasteiger partial charge in [0.2, 0.25) is 0 Å². The molecule has 4 heteroatoms. The topological polar surface area (TPSA) is 46.3 Å². The minimum Gasteiger partial charge on any atom is -0.398 e. The number of carbonyl (C=O) groups is 1. The molecule has 1 saturated heterocycles. The van der Waals surface area contributed by atoms with Crippen molar-refractivity contribution in [2.24, 2.45) is 0 Å². The van der Waals surface area contributed by atoms with Crippen molar-refractivity contribution in [3.05, 3.63) is 28.8 Å². The van der Waals surface area contributed by atoms with Crippen LogP contribution in [0, 0.1) is 0 Å². The summed E-state index contributed by atoms with van der Waals surface area (Å²) in [7, 11) is 0. The van der Waals surface area contributed by atoms with Crippen LogP contribution in [-0.4, -0.2) is 30.3 Å². The standard InChI is InChI=1S/C14H19ClN2O/c15-12-6-5-11(9-13(12)16)14(18)10-17-7-3-1-2-4-8-17/h5-6,9H,1-4,7-8,10,16H2. The van der Waals surface area contributed by atoms with Crippen LogP contribution in [0.25, 0.3) is 0 Å². The highest BCUT2D eigenvalue weighted by molar-refractivity contribution is 6.33. The average Bonchev–Trinajstić information content (AvgIpc) is 2.61. The third-order valence-corrected chi connectivity index (χ3v) is 3.73. The number of benzene rings is 1. The van der Waals surface area contributed by atoms with Crippen LogP contribution in [0.3, 0.4) is 0 Å². The SMILES string of the molecule is Nc1cc(C(=O)CN2CCCCCC2)ccc1Cl. The van der Waals surface area contributed by atoms with Gasteiger partial charge in [-0.1, -0.05) is 24.4 Å². The molecule has 0 radical (unpaired) electrons. The van der Waals surface area contributed by atoms with Crippen molar-refractivity contribution >= 4 is 23.1 Å². The molecule has 0 bridgehead atoms. The van der Waals surface area contributed by atoms with Crippen LogP contribution in [0.15, 0.2) is 18.2 Å². The summed E-state index contributed by atoms with van der Waals surface area (Å²) in [4.78, 5) is 14.4. The lowest BCUT2D eigenvalue weighted by atomic mass is 10.1. The fraction of sp³-hybridized carbons (Fsp3) is 0.500. The highest BCUT2D eigenvalue weighted by Gasteiger charge is 2.14. The van der Waals surface area contributed by atoms with Gasteiger partial charge in [0.15, 0.2) is 5.78 Å². The number of carbonyl (C=O) groups excluding carboxylic acids is 1. The Morgan fingerprint density at radius 1 is 1.22 bits per heavy atom. The first-order chi connectivity index (χ1) is 8.66. The predicted octanol–water partition coefficient (Wildman–Crippen LogP) is 2.98. The molecule has 0 atom stereocenters. The van der Waals surface area contributed by atoms with E-state index in [-0.39, 0.29) is 5.78 Å². The van der Waals surface area contributed by atoms with Gasteiger partial charge in [0.1, 0.15) is 0 Å². The highest BCUT2D eigenvalue weighted by atomic mass is 35.5. The number of anilines is 1. The Bertz CT molecular complexity index is 426. The number of likely N-dealkylation sites (tertiary alicyclic amines) is 1. The van der Waals surface area contributed by atoms with Crippen molar-refractivity contribution < 1.29 is 4.79 Å². The fourth-order valence-electron chi connectivity index (χ4n) is 2.31. The Labute approximate surface area is 113 Å². The molecular formula is C14H19ClN2O. The molecule has 98 valence electrons. The van der Waals surface area contributed by atoms with Crippen LogP contribution in [0.4, 0.5) is 5.69 Å². The molecule has 1 aliphatic rings. The molecular weight excluding hydrogens is 248 g/mol. The second kappa shape index (κ2) is 6.21. The number of nitrogens with zero attached hydrogens (tertiary/aromatic N) is 1. The summed E-state index contributed by atoms with van der Waals surface area (Å²) in [6.45, 7) is 2.53. The summed E-state index contributed by atoms with van der Waals surface area (Å²) < 4.78 is 0. The second-order valence-corrected chi connectivity index (χ2v) is 5.26. The number of nitrogen functional groups attached to an aromatic ring is 1. The smallest absolute Gasteiger partial charge is 0.176 e. The van der Waals surface area contributed by atoms with Crippen molar-refractivity contribution in [3.8, 4) is 0 Å². The molecule has 1 heterocycles. The van der Waals surface area contributed by atoms with Gasteiger partial charge in [-0.15, -0.1) is 0 Å². The quantitative estimate of drug-likeness (QED) is 0.676. The van der Waals surface area contributed by atoms with Crippen LogP contribution in [0.5, 0.6) is 0 Å². The second-order valence-electron chi connectivity index (χ2n) is 4.85. The van der Waals surface area contributed by atoms with E-state index in [2.05, 4.69) is 4.90 Å². The highest BCUT2D eigenvalue weighted by Crippen LogP contribution is 2.20. The minimum absolute atomic E-state index is 0.125. The number of hydrogen-bond donors (Lipinski definition) is 1. The Kier molecular flexibility index (Phi) is 4.61. The number of nitrogens with two attached hydrogens (primary N) is 1. The first kappa shape index (κ1) is 13.4. The number of hydrogen-bond acceptors (Lipinski definition) is 3. The fourth-order valence-corrected chi connectivity index (χ4v) is 2.42. The summed E-state index contributed by atoms with van der Waals surface area (Å²) in [6, 6.07) is 5.11. The van der Waals surface area contributed by atoms with Crippen LogP contribution in [0.1, 0.15) is 36.0 Å². The van der Waals surface area contributed by atoms with Crippen molar-refractivity contribution in [1.82, 2.24) is 4.90 Å². The number of Topliss-reactive ketones (excluding diaryl/α,β-unsaturated/α-hetero) is 1. The lowest BCUT2D eigenvalue weighted by Gasteiger charge is -2.18. The van der Waals surface area contributed by atoms with E-state index < -0.39 is 0 Å². The molecule has 1 aromatic rings. The number of ketones is 1. The average molecular weight is 267 g/mol. The summed E-state index contributed by atoms with van der Waals surface area (Å²) >= 11 is 5.85. The van der Waals surface area contributed by atoms with Gasteiger partial charge >= 0.3 is 0 Å². The zero-order valence-corrected chi connectivity index (χ0v) is 11.2. The van der Waals surface area contributed by atoms with Gasteiger partial charge in [-0.25, -0.2) is 0 Å². The molecule has 2 rings (SSSR count). The van der Waals surface area contributed by atoms with E-state index in [4.69, 9.17) is 17.3 Å². The number of rotatable bonds is 3. The summed E-state index contributed by atoms with van der Waals surface area (Å²) in [6.07, 6.45) is 4.93. The molecule has 18 heavy (non-hydrogen) atoms. The van der Waals surface area contributed by atoms with E-state index in [1.807, 2.05) is 0 Å². The molecule has 0 spiro atoms. The third kappa shape index (κ3) is 3.47. The van der Waals surface area contributed by atoms with Crippen LogP contribution in [-0.2, 0) is 0 Å². The Hall–Kier alpha value is -1.06. The van der Waals surface area contributed by atoms with E-state index >= 15 is 0 Å². The Morgan fingerprint density at radius 3 is 2.50 bits per heavy atom. The molecule has 1 aliphatic heterocycles. The Morgan fingerprint density at radius 2 is 1.89 bits per heavy atom. The van der Waals surface area contributed by atoms with Gasteiger partial charge in [0.25, 0.3) is 0 Å². The molecule has 1 aromatic carbocycles. The molecule has 1 fully saturated rings. The Balaban J connectivity index is 1.99. The maximum atomic E-state index is 12.1. The van der Waals surface area contributed by atoms with Crippen molar-refractivity contribution in [2.45, 2.75) is 25.7 Å². The lowest BCUT2D eigenvalue weighted by Crippen LogP contribution is -2.30. The molecule has 2 N–H and O–H groups in total. The zero-order valence-electron chi connectivity index (χ0n) is 10.5. The first-order valence-corrected chi connectivity index (χ1v) is 6.85. The summed E-state index contributed by atoms with van der Waals surface area (Å²) in [5.74, 6) is 0.125. The molecule has 0 aromatic heterocycles. The molecule has 3 nitrogen and oxygen atoms in total. The van der Waals surface area contributed by atoms with Crippen LogP contribution >= 0.6 is 11.6 Å². The predicted molar refractivity (Wildman–Crippen MR) is 75.1 cm³/mol. The van der Waals surface area contributed by atoms with Gasteiger partial charge in [-0.3, -0.25) is 9.69 Å². The monoisotopic (exact) mass is 266 g/mol. The van der Waals surface area contributed by atoms with Gasteiger partial charge in [-0.05, 0) is 44.1 Å². The van der Waals surface area contributed by atoms with Crippen LogP contribution in [0.2, 0.25) is 5.02 Å².